The molecule has 2 heterocycles. The molecule has 1 amide bonds. The van der Waals surface area contributed by atoms with Crippen LogP contribution in [0.1, 0.15) is 9.67 Å². The van der Waals surface area contributed by atoms with E-state index < -0.39 is 0 Å². The fourth-order valence-electron chi connectivity index (χ4n) is 1.91. The molecule has 0 radical (unpaired) electrons. The Hall–Kier alpha value is -1.86. The van der Waals surface area contributed by atoms with Gasteiger partial charge >= 0.3 is 0 Å². The second kappa shape index (κ2) is 4.92. The molecule has 20 heavy (non-hydrogen) atoms. The van der Waals surface area contributed by atoms with Crippen molar-refractivity contribution in [3.05, 3.63) is 39.8 Å². The number of nitrogen functional groups attached to an aromatic ring is 1. The van der Waals surface area contributed by atoms with Crippen molar-refractivity contribution in [3.63, 3.8) is 0 Å². The highest BCUT2D eigenvalue weighted by atomic mass is 79.9. The van der Waals surface area contributed by atoms with E-state index in [0.29, 0.717) is 16.4 Å². The number of thiophene rings is 1. The normalized spacial score (nSPS) is 10.9. The summed E-state index contributed by atoms with van der Waals surface area (Å²) in [6, 6.07) is 7.50. The minimum Gasteiger partial charge on any atom is -0.397 e. The number of aryl methyl sites for hydroxylation is 1. The number of halogens is 1. The Labute approximate surface area is 127 Å². The SMILES string of the molecule is Cn1ccc(NC(=O)c2sc3cc(Br)ccc3c2N)n1. The number of nitrogens with zero attached hydrogens (tertiary/aromatic N) is 2. The first-order valence-corrected chi connectivity index (χ1v) is 7.44. The van der Waals surface area contributed by atoms with Crippen LogP contribution < -0.4 is 11.1 Å². The van der Waals surface area contributed by atoms with Gasteiger partial charge in [0.15, 0.2) is 5.82 Å². The van der Waals surface area contributed by atoms with Crippen molar-refractivity contribution in [1.82, 2.24) is 9.78 Å². The van der Waals surface area contributed by atoms with E-state index in [1.165, 1.54) is 11.3 Å². The molecule has 0 bridgehead atoms. The molecule has 3 aromatic rings. The zero-order valence-corrected chi connectivity index (χ0v) is 13.0. The molecular formula is C13H11BrN4OS. The molecule has 0 saturated heterocycles. The number of hydrogen-bond donors (Lipinski definition) is 2. The number of anilines is 2. The molecule has 3 N–H and O–H groups in total. The van der Waals surface area contributed by atoms with E-state index in [9.17, 15) is 4.79 Å². The second-order valence-corrected chi connectivity index (χ2v) is 6.28. The molecule has 102 valence electrons. The van der Waals surface area contributed by atoms with E-state index in [4.69, 9.17) is 5.73 Å². The van der Waals surface area contributed by atoms with Gasteiger partial charge in [0.25, 0.3) is 5.91 Å². The summed E-state index contributed by atoms with van der Waals surface area (Å²) in [5.41, 5.74) is 6.56. The van der Waals surface area contributed by atoms with Gasteiger partial charge in [0, 0.05) is 33.9 Å². The molecule has 7 heteroatoms. The molecule has 0 aliphatic rings. The van der Waals surface area contributed by atoms with Crippen LogP contribution in [0.4, 0.5) is 11.5 Å². The first kappa shape index (κ1) is 13.1. The lowest BCUT2D eigenvalue weighted by molar-refractivity contribution is 0.103. The van der Waals surface area contributed by atoms with Crippen molar-refractivity contribution >= 4 is 54.8 Å². The second-order valence-electron chi connectivity index (χ2n) is 4.31. The van der Waals surface area contributed by atoms with E-state index >= 15 is 0 Å². The number of carbonyl (C=O) groups is 1. The quantitative estimate of drug-likeness (QED) is 0.745. The van der Waals surface area contributed by atoms with Gasteiger partial charge in [-0.05, 0) is 12.1 Å². The number of rotatable bonds is 2. The number of benzene rings is 1. The summed E-state index contributed by atoms with van der Waals surface area (Å²) in [6.45, 7) is 0. The molecule has 0 saturated carbocycles. The smallest absolute Gasteiger partial charge is 0.269 e. The Balaban J connectivity index is 1.97. The molecule has 0 fully saturated rings. The highest BCUT2D eigenvalue weighted by Gasteiger charge is 2.17. The van der Waals surface area contributed by atoms with Gasteiger partial charge < -0.3 is 11.1 Å². The lowest BCUT2D eigenvalue weighted by Crippen LogP contribution is -2.12. The van der Waals surface area contributed by atoms with E-state index in [-0.39, 0.29) is 5.91 Å². The Bertz CT molecular complexity index is 808. The van der Waals surface area contributed by atoms with E-state index in [1.54, 1.807) is 24.0 Å². The largest absolute Gasteiger partial charge is 0.397 e. The lowest BCUT2D eigenvalue weighted by atomic mass is 10.2. The summed E-state index contributed by atoms with van der Waals surface area (Å²) in [4.78, 5) is 12.8. The van der Waals surface area contributed by atoms with Crippen LogP contribution in [0.15, 0.2) is 34.9 Å². The Kier molecular flexibility index (Phi) is 3.23. The third-order valence-electron chi connectivity index (χ3n) is 2.85. The van der Waals surface area contributed by atoms with Crippen molar-refractivity contribution < 1.29 is 4.79 Å². The van der Waals surface area contributed by atoms with Gasteiger partial charge in [-0.2, -0.15) is 5.10 Å². The van der Waals surface area contributed by atoms with Crippen LogP contribution in [-0.2, 0) is 7.05 Å². The van der Waals surface area contributed by atoms with Crippen LogP contribution in [0.2, 0.25) is 0 Å². The maximum absolute atomic E-state index is 12.3. The number of aromatic nitrogens is 2. The predicted molar refractivity (Wildman–Crippen MR) is 85.1 cm³/mol. The molecule has 1 aromatic carbocycles. The van der Waals surface area contributed by atoms with Crippen LogP contribution in [0.25, 0.3) is 10.1 Å². The van der Waals surface area contributed by atoms with Crippen molar-refractivity contribution in [1.29, 1.82) is 0 Å². The third kappa shape index (κ3) is 2.30. The lowest BCUT2D eigenvalue weighted by Gasteiger charge is -2.00. The standard InChI is InChI=1S/C13H11BrN4OS/c1-18-5-4-10(17-18)16-13(19)12-11(15)8-3-2-7(14)6-9(8)20-12/h2-6H,15H2,1H3,(H,16,17,19). The summed E-state index contributed by atoms with van der Waals surface area (Å²) in [7, 11) is 1.79. The summed E-state index contributed by atoms with van der Waals surface area (Å²) in [5.74, 6) is 0.272. The summed E-state index contributed by atoms with van der Waals surface area (Å²) in [6.07, 6.45) is 1.76. The Morgan fingerprint density at radius 3 is 2.95 bits per heavy atom. The van der Waals surface area contributed by atoms with Crippen molar-refractivity contribution in [2.24, 2.45) is 7.05 Å². The number of nitrogens with two attached hydrogens (primary N) is 1. The molecular weight excluding hydrogens is 340 g/mol. The van der Waals surface area contributed by atoms with Gasteiger partial charge in [-0.3, -0.25) is 9.48 Å². The number of carbonyl (C=O) groups excluding carboxylic acids is 1. The molecule has 5 nitrogen and oxygen atoms in total. The minimum atomic E-state index is -0.237. The summed E-state index contributed by atoms with van der Waals surface area (Å²) in [5, 5.41) is 7.75. The molecule has 0 atom stereocenters. The van der Waals surface area contributed by atoms with Crippen LogP contribution in [0.3, 0.4) is 0 Å². The minimum absolute atomic E-state index is 0.237. The monoisotopic (exact) mass is 350 g/mol. The maximum atomic E-state index is 12.3. The van der Waals surface area contributed by atoms with E-state index in [1.807, 2.05) is 18.2 Å². The van der Waals surface area contributed by atoms with Crippen LogP contribution in [0, 0.1) is 0 Å². The van der Waals surface area contributed by atoms with Crippen LogP contribution in [-0.4, -0.2) is 15.7 Å². The number of fused-ring (bicyclic) bond motifs is 1. The van der Waals surface area contributed by atoms with Crippen molar-refractivity contribution in [2.75, 3.05) is 11.1 Å². The first-order valence-electron chi connectivity index (χ1n) is 5.83. The number of amides is 1. The molecule has 2 aromatic heterocycles. The van der Waals surface area contributed by atoms with Crippen molar-refractivity contribution in [3.8, 4) is 0 Å². The zero-order chi connectivity index (χ0) is 14.3. The van der Waals surface area contributed by atoms with Crippen LogP contribution in [0.5, 0.6) is 0 Å². The fourth-order valence-corrected chi connectivity index (χ4v) is 3.48. The topological polar surface area (TPSA) is 72.9 Å². The molecule has 3 rings (SSSR count). The van der Waals surface area contributed by atoms with E-state index in [2.05, 4.69) is 26.3 Å². The van der Waals surface area contributed by atoms with Gasteiger partial charge in [0.1, 0.15) is 4.88 Å². The molecule has 0 spiro atoms. The predicted octanol–water partition coefficient (Wildman–Crippen LogP) is 3.23. The third-order valence-corrected chi connectivity index (χ3v) is 4.51. The molecule has 0 aliphatic carbocycles. The van der Waals surface area contributed by atoms with Crippen LogP contribution >= 0.6 is 27.3 Å². The highest BCUT2D eigenvalue weighted by Crippen LogP contribution is 2.35. The number of hydrogen-bond acceptors (Lipinski definition) is 4. The average Bonchev–Trinajstić information content (AvgIpc) is 2.94. The van der Waals surface area contributed by atoms with Crippen molar-refractivity contribution in [2.45, 2.75) is 0 Å². The maximum Gasteiger partial charge on any atom is 0.269 e. The zero-order valence-electron chi connectivity index (χ0n) is 10.6. The summed E-state index contributed by atoms with van der Waals surface area (Å²) >= 11 is 4.78. The average molecular weight is 351 g/mol. The Morgan fingerprint density at radius 1 is 1.45 bits per heavy atom. The summed E-state index contributed by atoms with van der Waals surface area (Å²) < 4.78 is 3.56. The van der Waals surface area contributed by atoms with Gasteiger partial charge in [-0.25, -0.2) is 0 Å². The highest BCUT2D eigenvalue weighted by molar-refractivity contribution is 9.10. The van der Waals surface area contributed by atoms with Gasteiger partial charge in [-0.1, -0.05) is 22.0 Å². The van der Waals surface area contributed by atoms with Gasteiger partial charge in [0.05, 0.1) is 5.69 Å². The number of nitrogens with one attached hydrogen (secondary N) is 1. The molecule has 0 aliphatic heterocycles. The van der Waals surface area contributed by atoms with E-state index in [0.717, 1.165) is 14.6 Å². The molecule has 0 unspecified atom stereocenters. The van der Waals surface area contributed by atoms with Gasteiger partial charge in [-0.15, -0.1) is 11.3 Å². The fraction of sp³-hybridized carbons (Fsp3) is 0.0769. The van der Waals surface area contributed by atoms with Gasteiger partial charge in [0.2, 0.25) is 0 Å². The first-order chi connectivity index (χ1) is 9.54. The Morgan fingerprint density at radius 2 is 2.25 bits per heavy atom.